The second-order valence-electron chi connectivity index (χ2n) is 4.80. The summed E-state index contributed by atoms with van der Waals surface area (Å²) in [4.78, 5) is 4.04. The SMILES string of the molecule is CCOc1cc(CN[C@H](C)c2ccncc2)ccc1OC. The van der Waals surface area contributed by atoms with Crippen molar-refractivity contribution in [3.63, 3.8) is 0 Å². The maximum Gasteiger partial charge on any atom is 0.161 e. The number of ether oxygens (including phenoxy) is 2. The number of hydrogen-bond donors (Lipinski definition) is 1. The van der Waals surface area contributed by atoms with Crippen molar-refractivity contribution < 1.29 is 9.47 Å². The van der Waals surface area contributed by atoms with Crippen molar-refractivity contribution in [3.05, 3.63) is 53.9 Å². The van der Waals surface area contributed by atoms with Gasteiger partial charge in [-0.2, -0.15) is 0 Å². The molecule has 0 aliphatic carbocycles. The van der Waals surface area contributed by atoms with Gasteiger partial charge in [0.1, 0.15) is 0 Å². The summed E-state index contributed by atoms with van der Waals surface area (Å²) < 4.78 is 10.9. The molecule has 0 saturated heterocycles. The fourth-order valence-corrected chi connectivity index (χ4v) is 2.14. The molecule has 21 heavy (non-hydrogen) atoms. The highest BCUT2D eigenvalue weighted by Gasteiger charge is 2.07. The molecule has 0 aliphatic heterocycles. The average Bonchev–Trinajstić information content (AvgIpc) is 2.54. The topological polar surface area (TPSA) is 43.4 Å². The molecule has 1 aromatic heterocycles. The number of pyridine rings is 1. The molecule has 1 aromatic carbocycles. The van der Waals surface area contributed by atoms with E-state index in [1.807, 2.05) is 49.6 Å². The maximum absolute atomic E-state index is 5.60. The molecule has 2 rings (SSSR count). The Bertz CT molecular complexity index is 558. The fourth-order valence-electron chi connectivity index (χ4n) is 2.14. The van der Waals surface area contributed by atoms with Gasteiger partial charge in [-0.3, -0.25) is 4.98 Å². The molecule has 0 fully saturated rings. The Hall–Kier alpha value is -2.07. The minimum absolute atomic E-state index is 0.269. The van der Waals surface area contributed by atoms with E-state index in [4.69, 9.17) is 9.47 Å². The summed E-state index contributed by atoms with van der Waals surface area (Å²) in [7, 11) is 1.65. The zero-order chi connectivity index (χ0) is 15.1. The zero-order valence-corrected chi connectivity index (χ0v) is 12.8. The van der Waals surface area contributed by atoms with Gasteiger partial charge < -0.3 is 14.8 Å². The summed E-state index contributed by atoms with van der Waals surface area (Å²) in [6, 6.07) is 10.3. The van der Waals surface area contributed by atoms with Crippen LogP contribution in [0.1, 0.15) is 31.0 Å². The van der Waals surface area contributed by atoms with Crippen LogP contribution < -0.4 is 14.8 Å². The van der Waals surface area contributed by atoms with Gasteiger partial charge in [-0.05, 0) is 49.2 Å². The number of methoxy groups -OCH3 is 1. The number of rotatable bonds is 7. The molecule has 0 bridgehead atoms. The Kier molecular flexibility index (Phi) is 5.58. The van der Waals surface area contributed by atoms with Gasteiger partial charge in [-0.1, -0.05) is 6.07 Å². The van der Waals surface area contributed by atoms with Crippen molar-refractivity contribution in [2.24, 2.45) is 0 Å². The van der Waals surface area contributed by atoms with E-state index >= 15 is 0 Å². The van der Waals surface area contributed by atoms with E-state index < -0.39 is 0 Å². The van der Waals surface area contributed by atoms with Crippen molar-refractivity contribution >= 4 is 0 Å². The number of nitrogens with one attached hydrogen (secondary N) is 1. The van der Waals surface area contributed by atoms with Crippen LogP contribution in [0.15, 0.2) is 42.7 Å². The molecule has 0 spiro atoms. The van der Waals surface area contributed by atoms with Crippen LogP contribution in [-0.4, -0.2) is 18.7 Å². The first kappa shape index (κ1) is 15.3. The van der Waals surface area contributed by atoms with E-state index in [0.29, 0.717) is 6.61 Å². The minimum Gasteiger partial charge on any atom is -0.493 e. The molecular formula is C17H22N2O2. The van der Waals surface area contributed by atoms with Gasteiger partial charge in [0.05, 0.1) is 13.7 Å². The molecule has 1 N–H and O–H groups in total. The molecule has 112 valence electrons. The van der Waals surface area contributed by atoms with Gasteiger partial charge in [0, 0.05) is 25.0 Å². The Morgan fingerprint density at radius 3 is 2.57 bits per heavy atom. The molecule has 0 unspecified atom stereocenters. The third-order valence-electron chi connectivity index (χ3n) is 3.35. The summed E-state index contributed by atoms with van der Waals surface area (Å²) in [5, 5.41) is 3.50. The largest absolute Gasteiger partial charge is 0.493 e. The number of nitrogens with zero attached hydrogens (tertiary/aromatic N) is 1. The molecule has 1 heterocycles. The smallest absolute Gasteiger partial charge is 0.161 e. The van der Waals surface area contributed by atoms with Crippen LogP contribution in [-0.2, 0) is 6.54 Å². The predicted octanol–water partition coefficient (Wildman–Crippen LogP) is 3.34. The first-order chi connectivity index (χ1) is 10.2. The van der Waals surface area contributed by atoms with Crippen molar-refractivity contribution in [1.29, 1.82) is 0 Å². The highest BCUT2D eigenvalue weighted by Crippen LogP contribution is 2.28. The number of benzene rings is 1. The quantitative estimate of drug-likeness (QED) is 0.847. The van der Waals surface area contributed by atoms with Gasteiger partial charge in [0.25, 0.3) is 0 Å². The average molecular weight is 286 g/mol. The highest BCUT2D eigenvalue weighted by atomic mass is 16.5. The van der Waals surface area contributed by atoms with Gasteiger partial charge >= 0.3 is 0 Å². The van der Waals surface area contributed by atoms with Crippen molar-refractivity contribution in [2.75, 3.05) is 13.7 Å². The van der Waals surface area contributed by atoms with E-state index in [2.05, 4.69) is 17.2 Å². The van der Waals surface area contributed by atoms with Crippen LogP contribution in [0, 0.1) is 0 Å². The van der Waals surface area contributed by atoms with Crippen molar-refractivity contribution in [1.82, 2.24) is 10.3 Å². The second-order valence-corrected chi connectivity index (χ2v) is 4.80. The van der Waals surface area contributed by atoms with Gasteiger partial charge in [-0.25, -0.2) is 0 Å². The lowest BCUT2D eigenvalue weighted by Gasteiger charge is -2.15. The molecule has 0 amide bonds. The Balaban J connectivity index is 2.01. The summed E-state index contributed by atoms with van der Waals surface area (Å²) in [5.74, 6) is 1.55. The Morgan fingerprint density at radius 2 is 1.90 bits per heavy atom. The Morgan fingerprint density at radius 1 is 1.14 bits per heavy atom. The van der Waals surface area contributed by atoms with Crippen molar-refractivity contribution in [3.8, 4) is 11.5 Å². The fraction of sp³-hybridized carbons (Fsp3) is 0.353. The van der Waals surface area contributed by atoms with Crippen LogP contribution in [0.4, 0.5) is 0 Å². The summed E-state index contributed by atoms with van der Waals surface area (Å²) >= 11 is 0. The molecule has 0 saturated carbocycles. The van der Waals surface area contributed by atoms with Gasteiger partial charge in [0.15, 0.2) is 11.5 Å². The molecule has 4 heteroatoms. The molecule has 2 aromatic rings. The lowest BCUT2D eigenvalue weighted by Crippen LogP contribution is -2.18. The highest BCUT2D eigenvalue weighted by molar-refractivity contribution is 5.43. The van der Waals surface area contributed by atoms with Crippen molar-refractivity contribution in [2.45, 2.75) is 26.4 Å². The van der Waals surface area contributed by atoms with Crippen LogP contribution in [0.25, 0.3) is 0 Å². The van der Waals surface area contributed by atoms with Crippen LogP contribution in [0.2, 0.25) is 0 Å². The summed E-state index contributed by atoms with van der Waals surface area (Å²) in [5.41, 5.74) is 2.39. The first-order valence-electron chi connectivity index (χ1n) is 7.17. The zero-order valence-electron chi connectivity index (χ0n) is 12.8. The Labute approximate surface area is 126 Å². The normalized spacial score (nSPS) is 12.0. The third kappa shape index (κ3) is 4.20. The van der Waals surface area contributed by atoms with Crippen LogP contribution in [0.5, 0.6) is 11.5 Å². The standard InChI is InChI=1S/C17H22N2O2/c1-4-21-17-11-14(5-6-16(17)20-3)12-19-13(2)15-7-9-18-10-8-15/h5-11,13,19H,4,12H2,1-3H3/t13-/m1/s1. The first-order valence-corrected chi connectivity index (χ1v) is 7.17. The number of aromatic nitrogens is 1. The van der Waals surface area contributed by atoms with E-state index in [0.717, 1.165) is 18.0 Å². The third-order valence-corrected chi connectivity index (χ3v) is 3.35. The van der Waals surface area contributed by atoms with E-state index in [-0.39, 0.29) is 6.04 Å². The molecule has 0 aliphatic rings. The van der Waals surface area contributed by atoms with Crippen LogP contribution >= 0.6 is 0 Å². The predicted molar refractivity (Wildman–Crippen MR) is 83.7 cm³/mol. The second kappa shape index (κ2) is 7.64. The lowest BCUT2D eigenvalue weighted by molar-refractivity contribution is 0.310. The van der Waals surface area contributed by atoms with Gasteiger partial charge in [0.2, 0.25) is 0 Å². The van der Waals surface area contributed by atoms with Gasteiger partial charge in [-0.15, -0.1) is 0 Å². The van der Waals surface area contributed by atoms with E-state index in [9.17, 15) is 0 Å². The molecule has 4 nitrogen and oxygen atoms in total. The number of hydrogen-bond acceptors (Lipinski definition) is 4. The lowest BCUT2D eigenvalue weighted by atomic mass is 10.1. The monoisotopic (exact) mass is 286 g/mol. The molecular weight excluding hydrogens is 264 g/mol. The summed E-state index contributed by atoms with van der Waals surface area (Å²) in [6.45, 7) is 5.51. The minimum atomic E-state index is 0.269. The van der Waals surface area contributed by atoms with E-state index in [1.165, 1.54) is 11.1 Å². The molecule has 1 atom stereocenters. The summed E-state index contributed by atoms with van der Waals surface area (Å²) in [6.07, 6.45) is 3.63. The van der Waals surface area contributed by atoms with Crippen LogP contribution in [0.3, 0.4) is 0 Å². The molecule has 0 radical (unpaired) electrons. The van der Waals surface area contributed by atoms with E-state index in [1.54, 1.807) is 7.11 Å². The maximum atomic E-state index is 5.60.